The van der Waals surface area contributed by atoms with Crippen LogP contribution >= 0.6 is 0 Å². The first-order valence-corrected chi connectivity index (χ1v) is 7.55. The van der Waals surface area contributed by atoms with E-state index in [0.717, 1.165) is 16.7 Å². The Labute approximate surface area is 137 Å². The molecule has 2 aromatic carbocycles. The van der Waals surface area contributed by atoms with Crippen molar-refractivity contribution >= 4 is 5.97 Å². The van der Waals surface area contributed by atoms with Crippen LogP contribution in [0.15, 0.2) is 60.7 Å². The molecule has 0 amide bonds. The van der Waals surface area contributed by atoms with Crippen LogP contribution in [-0.2, 0) is 11.2 Å². The van der Waals surface area contributed by atoms with Crippen LogP contribution in [0.1, 0.15) is 26.3 Å². The van der Waals surface area contributed by atoms with Gasteiger partial charge < -0.3 is 9.84 Å². The van der Waals surface area contributed by atoms with Crippen LogP contribution < -0.4 is 4.74 Å². The lowest BCUT2D eigenvalue weighted by molar-refractivity contribution is -0.132. The van der Waals surface area contributed by atoms with Crippen LogP contribution in [-0.4, -0.2) is 16.7 Å². The fraction of sp³-hybridized carbons (Fsp3) is 0.250. The molecule has 0 heterocycles. The maximum absolute atomic E-state index is 11.2. The summed E-state index contributed by atoms with van der Waals surface area (Å²) in [5.74, 6) is -0.296. The van der Waals surface area contributed by atoms with Crippen LogP contribution in [0.3, 0.4) is 0 Å². The van der Waals surface area contributed by atoms with E-state index in [1.54, 1.807) is 0 Å². The fourth-order valence-corrected chi connectivity index (χ4v) is 2.35. The van der Waals surface area contributed by atoms with Gasteiger partial charge in [0.05, 0.1) is 0 Å². The number of rotatable bonds is 5. The Bertz CT molecular complexity index is 709. The number of hydrogen-bond acceptors (Lipinski definition) is 2. The average Bonchev–Trinajstić information content (AvgIpc) is 2.48. The monoisotopic (exact) mass is 310 g/mol. The molecule has 0 aliphatic heterocycles. The highest BCUT2D eigenvalue weighted by molar-refractivity contribution is 5.87. The van der Waals surface area contributed by atoms with Gasteiger partial charge in [0.15, 0.2) is 0 Å². The molecule has 0 saturated carbocycles. The lowest BCUT2D eigenvalue weighted by atomic mass is 9.94. The zero-order valence-electron chi connectivity index (χ0n) is 13.8. The first-order valence-electron chi connectivity index (χ1n) is 7.55. The maximum atomic E-state index is 11.2. The molecule has 0 radical (unpaired) electrons. The maximum Gasteiger partial charge on any atom is 0.331 e. The largest absolute Gasteiger partial charge is 0.488 e. The van der Waals surface area contributed by atoms with E-state index in [0.29, 0.717) is 5.75 Å². The Balaban J connectivity index is 2.55. The summed E-state index contributed by atoms with van der Waals surface area (Å²) in [6.07, 6.45) is 0.242. The molecule has 3 heteroatoms. The minimum atomic E-state index is -0.991. The molecule has 0 fully saturated rings. The smallest absolute Gasteiger partial charge is 0.331 e. The lowest BCUT2D eigenvalue weighted by Crippen LogP contribution is -2.24. The van der Waals surface area contributed by atoms with Gasteiger partial charge in [0.1, 0.15) is 11.4 Å². The molecule has 0 unspecified atom stereocenters. The molecule has 0 aromatic heterocycles. The molecule has 0 aliphatic rings. The van der Waals surface area contributed by atoms with Gasteiger partial charge in [0, 0.05) is 17.6 Å². The van der Waals surface area contributed by atoms with Crippen LogP contribution in [0.2, 0.25) is 0 Å². The highest BCUT2D eigenvalue weighted by atomic mass is 16.5. The number of ether oxygens (including phenoxy) is 1. The Morgan fingerprint density at radius 1 is 1.09 bits per heavy atom. The second-order valence-corrected chi connectivity index (χ2v) is 6.45. The number of carboxylic acids is 1. The summed E-state index contributed by atoms with van der Waals surface area (Å²) in [6, 6.07) is 15.7. The van der Waals surface area contributed by atoms with Gasteiger partial charge in [-0.2, -0.15) is 0 Å². The number of carboxylic acid groups (broad SMARTS) is 1. The molecule has 120 valence electrons. The second-order valence-electron chi connectivity index (χ2n) is 6.45. The third kappa shape index (κ3) is 4.46. The van der Waals surface area contributed by atoms with Crippen molar-refractivity contribution in [2.24, 2.45) is 0 Å². The summed E-state index contributed by atoms with van der Waals surface area (Å²) in [6.45, 7) is 9.58. The Morgan fingerprint density at radius 3 is 2.30 bits per heavy atom. The van der Waals surface area contributed by atoms with Crippen molar-refractivity contribution in [1.82, 2.24) is 0 Å². The quantitative estimate of drug-likeness (QED) is 0.813. The molecular formula is C20H22O3. The van der Waals surface area contributed by atoms with Crippen molar-refractivity contribution < 1.29 is 14.6 Å². The van der Waals surface area contributed by atoms with Crippen LogP contribution in [0.4, 0.5) is 0 Å². The van der Waals surface area contributed by atoms with Gasteiger partial charge in [0.25, 0.3) is 0 Å². The molecule has 2 aromatic rings. The standard InChI is InChI=1S/C20H22O3/c1-14(19(21)22)13-17-16(15-9-6-5-7-10-15)11-8-12-18(17)23-20(2,3)4/h5-12H,1,13H2,2-4H3,(H,21,22). The molecule has 3 nitrogen and oxygen atoms in total. The number of benzene rings is 2. The Kier molecular flexibility index (Phi) is 4.89. The summed E-state index contributed by atoms with van der Waals surface area (Å²) in [7, 11) is 0. The summed E-state index contributed by atoms with van der Waals surface area (Å²) >= 11 is 0. The minimum Gasteiger partial charge on any atom is -0.488 e. The average molecular weight is 310 g/mol. The topological polar surface area (TPSA) is 46.5 Å². The van der Waals surface area contributed by atoms with Gasteiger partial charge >= 0.3 is 5.97 Å². The summed E-state index contributed by atoms with van der Waals surface area (Å²) in [5, 5.41) is 9.19. The van der Waals surface area contributed by atoms with E-state index < -0.39 is 5.97 Å². The van der Waals surface area contributed by atoms with Gasteiger partial charge in [-0.3, -0.25) is 0 Å². The highest BCUT2D eigenvalue weighted by Gasteiger charge is 2.19. The number of aliphatic carboxylic acids is 1. The molecule has 1 N–H and O–H groups in total. The zero-order valence-corrected chi connectivity index (χ0v) is 13.8. The van der Waals surface area contributed by atoms with Crippen molar-refractivity contribution in [2.75, 3.05) is 0 Å². The second kappa shape index (κ2) is 6.69. The van der Waals surface area contributed by atoms with E-state index in [1.807, 2.05) is 69.3 Å². The van der Waals surface area contributed by atoms with E-state index >= 15 is 0 Å². The molecular weight excluding hydrogens is 288 g/mol. The van der Waals surface area contributed by atoms with Crippen LogP contribution in [0.5, 0.6) is 5.75 Å². The third-order valence-corrected chi connectivity index (χ3v) is 3.33. The van der Waals surface area contributed by atoms with Crippen molar-refractivity contribution in [3.05, 3.63) is 66.2 Å². The van der Waals surface area contributed by atoms with Gasteiger partial charge in [0.2, 0.25) is 0 Å². The van der Waals surface area contributed by atoms with E-state index in [2.05, 4.69) is 6.58 Å². The lowest BCUT2D eigenvalue weighted by Gasteiger charge is -2.25. The minimum absolute atomic E-state index is 0.146. The molecule has 0 atom stereocenters. The van der Waals surface area contributed by atoms with Crippen LogP contribution in [0, 0.1) is 0 Å². The predicted octanol–water partition coefficient (Wildman–Crippen LogP) is 4.71. The van der Waals surface area contributed by atoms with E-state index in [9.17, 15) is 9.90 Å². The molecule has 0 bridgehead atoms. The Morgan fingerprint density at radius 2 is 1.74 bits per heavy atom. The van der Waals surface area contributed by atoms with Gasteiger partial charge in [-0.15, -0.1) is 0 Å². The zero-order chi connectivity index (χ0) is 17.0. The summed E-state index contributed by atoms with van der Waals surface area (Å²) < 4.78 is 6.04. The molecule has 23 heavy (non-hydrogen) atoms. The number of hydrogen-bond donors (Lipinski definition) is 1. The molecule has 0 saturated heterocycles. The highest BCUT2D eigenvalue weighted by Crippen LogP contribution is 2.34. The summed E-state index contributed by atoms with van der Waals surface area (Å²) in [5.41, 5.74) is 2.62. The van der Waals surface area contributed by atoms with Crippen molar-refractivity contribution in [2.45, 2.75) is 32.8 Å². The van der Waals surface area contributed by atoms with Crippen molar-refractivity contribution in [3.8, 4) is 16.9 Å². The van der Waals surface area contributed by atoms with Gasteiger partial charge in [-0.25, -0.2) is 4.79 Å². The fourth-order valence-electron chi connectivity index (χ4n) is 2.35. The first-order chi connectivity index (χ1) is 10.8. The van der Waals surface area contributed by atoms with Crippen molar-refractivity contribution in [3.63, 3.8) is 0 Å². The number of carbonyl (C=O) groups is 1. The normalized spacial score (nSPS) is 11.1. The van der Waals surface area contributed by atoms with Crippen LogP contribution in [0.25, 0.3) is 11.1 Å². The molecule has 0 spiro atoms. The van der Waals surface area contributed by atoms with E-state index in [1.165, 1.54) is 0 Å². The van der Waals surface area contributed by atoms with E-state index in [4.69, 9.17) is 4.74 Å². The summed E-state index contributed by atoms with van der Waals surface area (Å²) in [4.78, 5) is 11.2. The van der Waals surface area contributed by atoms with Gasteiger partial charge in [-0.1, -0.05) is 49.0 Å². The van der Waals surface area contributed by atoms with E-state index in [-0.39, 0.29) is 17.6 Å². The first kappa shape index (κ1) is 16.8. The molecule has 2 rings (SSSR count). The van der Waals surface area contributed by atoms with Gasteiger partial charge in [-0.05, 0) is 38.0 Å². The van der Waals surface area contributed by atoms with Crippen molar-refractivity contribution in [1.29, 1.82) is 0 Å². The molecule has 0 aliphatic carbocycles. The Hall–Kier alpha value is -2.55. The SMILES string of the molecule is C=C(Cc1c(OC(C)(C)C)cccc1-c1ccccc1)C(=O)O. The predicted molar refractivity (Wildman–Crippen MR) is 92.7 cm³/mol. The third-order valence-electron chi connectivity index (χ3n) is 3.33.